The van der Waals surface area contributed by atoms with E-state index in [0.717, 1.165) is 10.9 Å². The quantitative estimate of drug-likeness (QED) is 0.610. The maximum atomic E-state index is 5.57. The molecule has 2 N–H and O–H groups in total. The van der Waals surface area contributed by atoms with Gasteiger partial charge in [0.05, 0.1) is 11.6 Å². The molecule has 1 aliphatic rings. The number of nitrogens with two attached hydrogens (primary N) is 1. The van der Waals surface area contributed by atoms with Crippen molar-refractivity contribution in [3.8, 4) is 0 Å². The van der Waals surface area contributed by atoms with Gasteiger partial charge in [0.25, 0.3) is 0 Å². The van der Waals surface area contributed by atoms with Crippen molar-refractivity contribution < 1.29 is 0 Å². The molecule has 1 heterocycles. The summed E-state index contributed by atoms with van der Waals surface area (Å²) in [7, 11) is 0. The lowest BCUT2D eigenvalue weighted by molar-refractivity contribution is 0.408. The minimum Gasteiger partial charge on any atom is -0.324 e. The van der Waals surface area contributed by atoms with Crippen molar-refractivity contribution in [1.82, 2.24) is 9.97 Å². The molecule has 0 unspecified atom stereocenters. The second-order valence-corrected chi connectivity index (χ2v) is 4.41. The van der Waals surface area contributed by atoms with Gasteiger partial charge in [-0.25, -0.2) is 9.97 Å². The number of rotatable bonds is 3. The smallest absolute Gasteiger partial charge is 0.143 e. The fraction of sp³-hybridized carbons (Fsp3) is 0.600. The average molecular weight is 209 g/mol. The Morgan fingerprint density at radius 1 is 1.50 bits per heavy atom. The van der Waals surface area contributed by atoms with Gasteiger partial charge in [-0.2, -0.15) is 0 Å². The predicted molar refractivity (Wildman–Crippen MR) is 58.3 cm³/mol. The van der Waals surface area contributed by atoms with Crippen LogP contribution in [0.15, 0.2) is 11.1 Å². The lowest BCUT2D eigenvalue weighted by atomic mass is 9.83. The van der Waals surface area contributed by atoms with Crippen molar-refractivity contribution in [2.24, 2.45) is 5.73 Å². The first-order valence-electron chi connectivity index (χ1n) is 4.95. The van der Waals surface area contributed by atoms with Gasteiger partial charge in [0, 0.05) is 11.6 Å². The van der Waals surface area contributed by atoms with E-state index in [1.807, 2.05) is 6.26 Å². The summed E-state index contributed by atoms with van der Waals surface area (Å²) in [6.07, 6.45) is 5.91. The van der Waals surface area contributed by atoms with Crippen LogP contribution in [0.4, 0.5) is 0 Å². The SMILES string of the molecule is CSc1cc(C2CCC2)nc(CN)n1. The highest BCUT2D eigenvalue weighted by molar-refractivity contribution is 7.98. The van der Waals surface area contributed by atoms with Gasteiger partial charge in [0.2, 0.25) is 0 Å². The van der Waals surface area contributed by atoms with Crippen LogP contribution in [0.2, 0.25) is 0 Å². The highest BCUT2D eigenvalue weighted by Crippen LogP contribution is 2.36. The highest BCUT2D eigenvalue weighted by Gasteiger charge is 2.21. The number of thioether (sulfide) groups is 1. The first-order chi connectivity index (χ1) is 6.83. The van der Waals surface area contributed by atoms with E-state index in [-0.39, 0.29) is 0 Å². The summed E-state index contributed by atoms with van der Waals surface area (Å²) in [5.74, 6) is 1.44. The molecule has 0 bridgehead atoms. The molecule has 0 spiro atoms. The van der Waals surface area contributed by atoms with Gasteiger partial charge >= 0.3 is 0 Å². The number of aromatic nitrogens is 2. The van der Waals surface area contributed by atoms with E-state index in [1.165, 1.54) is 25.0 Å². The van der Waals surface area contributed by atoms with Crippen molar-refractivity contribution >= 4 is 11.8 Å². The molecule has 0 saturated heterocycles. The molecule has 1 aliphatic carbocycles. The second-order valence-electron chi connectivity index (χ2n) is 3.58. The van der Waals surface area contributed by atoms with E-state index in [9.17, 15) is 0 Å². The van der Waals surface area contributed by atoms with Gasteiger partial charge in [-0.05, 0) is 25.2 Å². The van der Waals surface area contributed by atoms with Crippen LogP contribution >= 0.6 is 11.8 Å². The zero-order valence-electron chi connectivity index (χ0n) is 8.36. The summed E-state index contributed by atoms with van der Waals surface area (Å²) in [4.78, 5) is 8.81. The third kappa shape index (κ3) is 1.91. The molecule has 2 rings (SSSR count). The fourth-order valence-electron chi connectivity index (χ4n) is 1.60. The van der Waals surface area contributed by atoms with Crippen LogP contribution in [0, 0.1) is 0 Å². The Kier molecular flexibility index (Phi) is 3.03. The molecule has 1 aromatic heterocycles. The van der Waals surface area contributed by atoms with Gasteiger partial charge in [-0.15, -0.1) is 11.8 Å². The van der Waals surface area contributed by atoms with E-state index in [1.54, 1.807) is 11.8 Å². The summed E-state index contributed by atoms with van der Waals surface area (Å²) >= 11 is 1.66. The number of hydrogen-bond donors (Lipinski definition) is 1. The Labute approximate surface area is 88.5 Å². The van der Waals surface area contributed by atoms with Crippen LogP contribution in [0.25, 0.3) is 0 Å². The van der Waals surface area contributed by atoms with E-state index >= 15 is 0 Å². The molecule has 0 atom stereocenters. The first kappa shape index (κ1) is 9.93. The molecule has 76 valence electrons. The van der Waals surface area contributed by atoms with Gasteiger partial charge in [-0.1, -0.05) is 6.42 Å². The zero-order chi connectivity index (χ0) is 9.97. The molecular weight excluding hydrogens is 194 g/mol. The molecule has 0 aromatic carbocycles. The summed E-state index contributed by atoms with van der Waals surface area (Å²) < 4.78 is 0. The van der Waals surface area contributed by atoms with Crippen molar-refractivity contribution in [3.05, 3.63) is 17.6 Å². The van der Waals surface area contributed by atoms with Crippen LogP contribution in [0.3, 0.4) is 0 Å². The maximum absolute atomic E-state index is 5.57. The minimum absolute atomic E-state index is 0.439. The highest BCUT2D eigenvalue weighted by atomic mass is 32.2. The Hall–Kier alpha value is -0.610. The number of hydrogen-bond acceptors (Lipinski definition) is 4. The largest absolute Gasteiger partial charge is 0.324 e. The Morgan fingerprint density at radius 2 is 2.29 bits per heavy atom. The third-order valence-electron chi connectivity index (χ3n) is 2.68. The zero-order valence-corrected chi connectivity index (χ0v) is 9.18. The lowest BCUT2D eigenvalue weighted by Crippen LogP contribution is -2.14. The molecule has 3 nitrogen and oxygen atoms in total. The van der Waals surface area contributed by atoms with Crippen LogP contribution in [0.1, 0.15) is 36.7 Å². The van der Waals surface area contributed by atoms with E-state index in [2.05, 4.69) is 16.0 Å². The predicted octanol–water partition coefficient (Wildman–Crippen LogP) is 1.92. The fourth-order valence-corrected chi connectivity index (χ4v) is 2.04. The summed E-state index contributed by atoms with van der Waals surface area (Å²) in [5, 5.41) is 1.04. The molecule has 1 fully saturated rings. The van der Waals surface area contributed by atoms with Gasteiger partial charge in [0.1, 0.15) is 5.82 Å². The summed E-state index contributed by atoms with van der Waals surface area (Å²) in [6, 6.07) is 2.10. The second kappa shape index (κ2) is 4.28. The molecular formula is C10H15N3S. The molecule has 14 heavy (non-hydrogen) atoms. The monoisotopic (exact) mass is 209 g/mol. The Morgan fingerprint density at radius 3 is 2.79 bits per heavy atom. The Bertz CT molecular complexity index is 301. The van der Waals surface area contributed by atoms with Crippen molar-refractivity contribution in [2.45, 2.75) is 36.8 Å². The summed E-state index contributed by atoms with van der Waals surface area (Å²) in [5.41, 5.74) is 6.76. The van der Waals surface area contributed by atoms with Gasteiger partial charge in [-0.3, -0.25) is 0 Å². The van der Waals surface area contributed by atoms with E-state index in [0.29, 0.717) is 12.5 Å². The molecule has 0 aliphatic heterocycles. The third-order valence-corrected chi connectivity index (χ3v) is 3.31. The lowest BCUT2D eigenvalue weighted by Gasteiger charge is -2.25. The molecule has 0 amide bonds. The van der Waals surface area contributed by atoms with Crippen molar-refractivity contribution in [2.75, 3.05) is 6.26 Å². The average Bonchev–Trinajstić information content (AvgIpc) is 2.14. The molecule has 1 aromatic rings. The topological polar surface area (TPSA) is 51.8 Å². The van der Waals surface area contributed by atoms with Crippen LogP contribution in [-0.2, 0) is 6.54 Å². The molecule has 1 saturated carbocycles. The van der Waals surface area contributed by atoms with E-state index < -0.39 is 0 Å². The van der Waals surface area contributed by atoms with Crippen molar-refractivity contribution in [3.63, 3.8) is 0 Å². The normalized spacial score (nSPS) is 16.7. The minimum atomic E-state index is 0.439. The molecule has 4 heteroatoms. The van der Waals surface area contributed by atoms with Gasteiger partial charge < -0.3 is 5.73 Å². The van der Waals surface area contributed by atoms with E-state index in [4.69, 9.17) is 5.73 Å². The van der Waals surface area contributed by atoms with Crippen molar-refractivity contribution in [1.29, 1.82) is 0 Å². The van der Waals surface area contributed by atoms with Gasteiger partial charge in [0.15, 0.2) is 0 Å². The first-order valence-corrected chi connectivity index (χ1v) is 6.18. The standard InChI is InChI=1S/C10H15N3S/c1-14-10-5-8(7-3-2-4-7)12-9(6-11)13-10/h5,7H,2-4,6,11H2,1H3. The number of nitrogens with zero attached hydrogens (tertiary/aromatic N) is 2. The van der Waals surface area contributed by atoms with Crippen LogP contribution < -0.4 is 5.73 Å². The molecule has 0 radical (unpaired) electrons. The summed E-state index contributed by atoms with van der Waals surface area (Å²) in [6.45, 7) is 0.439. The maximum Gasteiger partial charge on any atom is 0.143 e. The van der Waals surface area contributed by atoms with Crippen LogP contribution in [-0.4, -0.2) is 16.2 Å². The van der Waals surface area contributed by atoms with Crippen LogP contribution in [0.5, 0.6) is 0 Å². The Balaban J connectivity index is 2.28.